The second-order valence-electron chi connectivity index (χ2n) is 5.05. The Bertz CT molecular complexity index is 707. The average molecular weight is 318 g/mol. The highest BCUT2D eigenvalue weighted by molar-refractivity contribution is 5.95. The summed E-state index contributed by atoms with van der Waals surface area (Å²) in [6.07, 6.45) is -3.59. The number of carbonyl (C=O) groups is 1. The molecule has 0 saturated carbocycles. The fraction of sp³-hybridized carbons (Fsp3) is 0.357. The quantitative estimate of drug-likeness (QED) is 0.815. The number of alkyl halides is 3. The van der Waals surface area contributed by atoms with Gasteiger partial charge >= 0.3 is 6.36 Å². The Balaban J connectivity index is 2.46. The van der Waals surface area contributed by atoms with Gasteiger partial charge in [-0.2, -0.15) is 0 Å². The molecule has 1 aromatic heterocycles. The molecule has 0 aliphatic rings. The van der Waals surface area contributed by atoms with E-state index in [-0.39, 0.29) is 16.8 Å². The van der Waals surface area contributed by atoms with Gasteiger partial charge in [0.15, 0.2) is 11.6 Å². The topological polar surface area (TPSA) is 34.5 Å². The fourth-order valence-corrected chi connectivity index (χ4v) is 1.95. The Hall–Kier alpha value is -2.09. The van der Waals surface area contributed by atoms with Crippen molar-refractivity contribution >= 4 is 16.8 Å². The van der Waals surface area contributed by atoms with E-state index in [2.05, 4.69) is 4.74 Å². The van der Waals surface area contributed by atoms with Gasteiger partial charge in [0.25, 0.3) is 0 Å². The number of carbonyl (C=O) groups excluding carboxylic acids is 1. The van der Waals surface area contributed by atoms with Gasteiger partial charge in [-0.1, -0.05) is 0 Å². The lowest BCUT2D eigenvalue weighted by molar-refractivity contribution is -0.275. The monoisotopic (exact) mass is 318 g/mol. The highest BCUT2D eigenvalue weighted by Crippen LogP contribution is 2.30. The summed E-state index contributed by atoms with van der Waals surface area (Å²) in [4.78, 5) is 13.9. The molecule has 0 bridgehead atoms. The van der Waals surface area contributed by atoms with Crippen LogP contribution in [0, 0.1) is 5.82 Å². The molecule has 0 saturated heterocycles. The van der Waals surface area contributed by atoms with Gasteiger partial charge < -0.3 is 4.74 Å². The third-order valence-electron chi connectivity index (χ3n) is 3.34. The summed E-state index contributed by atoms with van der Waals surface area (Å²) in [5.74, 6) is -2.43. The SMILES string of the molecule is CC(C(=O)n1ccc2cc(OC(F)(F)F)c(F)cc21)N(C)C. The number of rotatable bonds is 3. The predicted molar refractivity (Wildman–Crippen MR) is 72.4 cm³/mol. The van der Waals surface area contributed by atoms with Gasteiger partial charge in [-0.25, -0.2) is 4.39 Å². The Morgan fingerprint density at radius 3 is 2.50 bits per heavy atom. The summed E-state index contributed by atoms with van der Waals surface area (Å²) < 4.78 is 55.2. The molecule has 0 aliphatic carbocycles. The third kappa shape index (κ3) is 3.22. The van der Waals surface area contributed by atoms with Crippen LogP contribution in [0.3, 0.4) is 0 Å². The van der Waals surface area contributed by atoms with Crippen LogP contribution < -0.4 is 4.74 Å². The molecule has 0 aliphatic heterocycles. The molecule has 2 aromatic rings. The molecular formula is C14H14F4N2O2. The maximum atomic E-state index is 13.8. The van der Waals surface area contributed by atoms with E-state index in [1.165, 1.54) is 16.8 Å². The molecule has 120 valence electrons. The highest BCUT2D eigenvalue weighted by atomic mass is 19.4. The molecular weight excluding hydrogens is 304 g/mol. The van der Waals surface area contributed by atoms with Gasteiger partial charge in [0.1, 0.15) is 0 Å². The molecule has 8 heteroatoms. The number of hydrogen-bond donors (Lipinski definition) is 0. The van der Waals surface area contributed by atoms with Crippen molar-refractivity contribution in [3.63, 3.8) is 0 Å². The van der Waals surface area contributed by atoms with E-state index in [0.717, 1.165) is 12.1 Å². The molecule has 1 unspecified atom stereocenters. The maximum absolute atomic E-state index is 13.8. The van der Waals surface area contributed by atoms with Gasteiger partial charge in [0.2, 0.25) is 5.91 Å². The van der Waals surface area contributed by atoms with Crippen molar-refractivity contribution in [2.45, 2.75) is 19.3 Å². The van der Waals surface area contributed by atoms with Gasteiger partial charge in [-0.05, 0) is 33.2 Å². The van der Waals surface area contributed by atoms with Crippen LogP contribution in [0.5, 0.6) is 5.75 Å². The summed E-state index contributed by atoms with van der Waals surface area (Å²) in [5.41, 5.74) is 0.186. The zero-order valence-corrected chi connectivity index (χ0v) is 12.1. The summed E-state index contributed by atoms with van der Waals surface area (Å²) in [7, 11) is 3.42. The van der Waals surface area contributed by atoms with E-state index in [0.29, 0.717) is 0 Å². The van der Waals surface area contributed by atoms with E-state index < -0.39 is 24.0 Å². The standard InChI is InChI=1S/C14H14F4N2O2/c1-8(19(2)3)13(21)20-5-4-9-6-12(22-14(16,17)18)10(15)7-11(9)20/h4-8H,1-3H3. The second kappa shape index (κ2) is 5.60. The Morgan fingerprint density at radius 2 is 1.95 bits per heavy atom. The number of benzene rings is 1. The first kappa shape index (κ1) is 16.3. The number of hydrogen-bond acceptors (Lipinski definition) is 3. The smallest absolute Gasteiger partial charge is 0.403 e. The van der Waals surface area contributed by atoms with Crippen molar-refractivity contribution in [1.82, 2.24) is 9.47 Å². The number of aromatic nitrogens is 1. The molecule has 0 radical (unpaired) electrons. The third-order valence-corrected chi connectivity index (χ3v) is 3.34. The molecule has 0 amide bonds. The van der Waals surface area contributed by atoms with Crippen molar-refractivity contribution in [3.8, 4) is 5.75 Å². The van der Waals surface area contributed by atoms with E-state index in [1.807, 2.05) is 0 Å². The molecule has 1 aromatic carbocycles. The van der Waals surface area contributed by atoms with Crippen LogP contribution in [-0.4, -0.2) is 41.9 Å². The average Bonchev–Trinajstić information content (AvgIpc) is 2.78. The Labute approximate surface area is 123 Å². The molecule has 0 fully saturated rings. The van der Waals surface area contributed by atoms with Crippen molar-refractivity contribution < 1.29 is 27.1 Å². The summed E-state index contributed by atoms with van der Waals surface area (Å²) >= 11 is 0. The fourth-order valence-electron chi connectivity index (χ4n) is 1.95. The lowest BCUT2D eigenvalue weighted by atomic mass is 10.2. The first-order valence-corrected chi connectivity index (χ1v) is 6.37. The van der Waals surface area contributed by atoms with Gasteiger partial charge in [-0.3, -0.25) is 14.3 Å². The minimum absolute atomic E-state index is 0.186. The second-order valence-corrected chi connectivity index (χ2v) is 5.05. The van der Waals surface area contributed by atoms with Gasteiger partial charge in [-0.15, -0.1) is 13.2 Å². The number of nitrogens with zero attached hydrogens (tertiary/aromatic N) is 2. The van der Waals surface area contributed by atoms with Gasteiger partial charge in [0, 0.05) is 17.6 Å². The molecule has 1 atom stereocenters. The van der Waals surface area contributed by atoms with Crippen molar-refractivity contribution in [2.75, 3.05) is 14.1 Å². The summed E-state index contributed by atoms with van der Waals surface area (Å²) in [6, 6.07) is 2.74. The molecule has 22 heavy (non-hydrogen) atoms. The van der Waals surface area contributed by atoms with E-state index in [1.54, 1.807) is 25.9 Å². The van der Waals surface area contributed by atoms with E-state index >= 15 is 0 Å². The molecule has 4 nitrogen and oxygen atoms in total. The predicted octanol–water partition coefficient (Wildman–Crippen LogP) is 3.27. The van der Waals surface area contributed by atoms with E-state index in [4.69, 9.17) is 0 Å². The molecule has 0 spiro atoms. The number of halogens is 4. The first-order valence-electron chi connectivity index (χ1n) is 6.37. The number of ether oxygens (including phenoxy) is 1. The van der Waals surface area contributed by atoms with Gasteiger partial charge in [0.05, 0.1) is 11.6 Å². The largest absolute Gasteiger partial charge is 0.573 e. The maximum Gasteiger partial charge on any atom is 0.573 e. The Kier molecular flexibility index (Phi) is 4.15. The van der Waals surface area contributed by atoms with Crippen molar-refractivity contribution in [2.24, 2.45) is 0 Å². The van der Waals surface area contributed by atoms with Crippen LogP contribution in [0.1, 0.15) is 11.7 Å². The van der Waals surface area contributed by atoms with Crippen LogP contribution in [-0.2, 0) is 0 Å². The van der Waals surface area contributed by atoms with E-state index in [9.17, 15) is 22.4 Å². The zero-order chi connectivity index (χ0) is 16.7. The van der Waals surface area contributed by atoms with Crippen LogP contribution in [0.2, 0.25) is 0 Å². The number of fused-ring (bicyclic) bond motifs is 1. The minimum Gasteiger partial charge on any atom is -0.403 e. The molecule has 0 N–H and O–H groups in total. The highest BCUT2D eigenvalue weighted by Gasteiger charge is 2.32. The minimum atomic E-state index is -4.98. The first-order chi connectivity index (χ1) is 10.1. The number of likely N-dealkylation sites (N-methyl/N-ethyl adjacent to an activating group) is 1. The van der Waals surface area contributed by atoms with Crippen LogP contribution >= 0.6 is 0 Å². The van der Waals surface area contributed by atoms with Crippen LogP contribution in [0.4, 0.5) is 17.6 Å². The summed E-state index contributed by atoms with van der Waals surface area (Å²) in [5, 5.41) is 0.278. The van der Waals surface area contributed by atoms with Crippen LogP contribution in [0.15, 0.2) is 24.4 Å². The van der Waals surface area contributed by atoms with Crippen molar-refractivity contribution in [3.05, 3.63) is 30.2 Å². The lowest BCUT2D eigenvalue weighted by Crippen LogP contribution is -2.36. The lowest BCUT2D eigenvalue weighted by Gasteiger charge is -2.19. The molecule has 1 heterocycles. The Morgan fingerprint density at radius 1 is 1.32 bits per heavy atom. The summed E-state index contributed by atoms with van der Waals surface area (Å²) in [6.45, 7) is 1.67. The zero-order valence-electron chi connectivity index (χ0n) is 12.1. The normalized spacial score (nSPS) is 13.6. The van der Waals surface area contributed by atoms with Crippen molar-refractivity contribution in [1.29, 1.82) is 0 Å². The van der Waals surface area contributed by atoms with Crippen LogP contribution in [0.25, 0.3) is 10.9 Å². The molecule has 2 rings (SSSR count).